The summed E-state index contributed by atoms with van der Waals surface area (Å²) in [5, 5.41) is 3.43. The number of rotatable bonds is 10. The number of carbonyl (C=O) groups is 2. The van der Waals surface area contributed by atoms with Gasteiger partial charge in [0, 0.05) is 28.2 Å². The Morgan fingerprint density at radius 2 is 1.62 bits per heavy atom. The summed E-state index contributed by atoms with van der Waals surface area (Å²) in [6.45, 7) is 4.52. The number of carbonyl (C=O) groups excluding carboxylic acids is 2. The van der Waals surface area contributed by atoms with E-state index in [0.717, 1.165) is 10.6 Å². The molecular weight excluding hydrogens is 501 g/mol. The molecule has 0 aliphatic rings. The van der Waals surface area contributed by atoms with Gasteiger partial charge >= 0.3 is 0 Å². The fraction of sp³-hybridized carbons (Fsp3) is 0.391. The van der Waals surface area contributed by atoms with E-state index < -0.39 is 34.4 Å². The first-order valence-corrected chi connectivity index (χ1v) is 13.1. The molecule has 11 heteroatoms. The van der Waals surface area contributed by atoms with Gasteiger partial charge in [0.15, 0.2) is 0 Å². The second kappa shape index (κ2) is 11.8. The van der Waals surface area contributed by atoms with Crippen molar-refractivity contribution in [2.75, 3.05) is 24.2 Å². The Morgan fingerprint density at radius 3 is 2.15 bits per heavy atom. The predicted molar refractivity (Wildman–Crippen MR) is 135 cm³/mol. The van der Waals surface area contributed by atoms with Crippen molar-refractivity contribution >= 4 is 50.7 Å². The van der Waals surface area contributed by atoms with Crippen molar-refractivity contribution in [3.05, 3.63) is 58.1 Å². The zero-order valence-electron chi connectivity index (χ0n) is 19.7. The number of benzene rings is 2. The van der Waals surface area contributed by atoms with Crippen LogP contribution in [0.2, 0.25) is 10.0 Å². The van der Waals surface area contributed by atoms with Gasteiger partial charge in [-0.2, -0.15) is 0 Å². The molecule has 0 bridgehead atoms. The molecule has 0 saturated heterocycles. The zero-order valence-corrected chi connectivity index (χ0v) is 22.0. The van der Waals surface area contributed by atoms with E-state index in [-0.39, 0.29) is 24.0 Å². The van der Waals surface area contributed by atoms with E-state index in [1.54, 1.807) is 57.2 Å². The van der Waals surface area contributed by atoms with Gasteiger partial charge in [-0.3, -0.25) is 13.9 Å². The highest BCUT2D eigenvalue weighted by molar-refractivity contribution is 7.92. The van der Waals surface area contributed by atoms with Crippen molar-refractivity contribution in [1.82, 2.24) is 10.2 Å². The average Bonchev–Trinajstić information content (AvgIpc) is 2.75. The van der Waals surface area contributed by atoms with E-state index in [4.69, 9.17) is 27.9 Å². The second-order valence-electron chi connectivity index (χ2n) is 8.00. The average molecular weight is 530 g/mol. The van der Waals surface area contributed by atoms with E-state index in [2.05, 4.69) is 5.32 Å². The number of amides is 2. The zero-order chi connectivity index (χ0) is 25.6. The number of para-hydroxylation sites is 2. The summed E-state index contributed by atoms with van der Waals surface area (Å²) in [6, 6.07) is 10.3. The fourth-order valence-electron chi connectivity index (χ4n) is 3.27. The number of hydrogen-bond donors (Lipinski definition) is 1. The van der Waals surface area contributed by atoms with Crippen LogP contribution in [0.15, 0.2) is 42.5 Å². The molecule has 34 heavy (non-hydrogen) atoms. The number of halogens is 2. The Morgan fingerprint density at radius 1 is 1.03 bits per heavy atom. The molecule has 0 unspecified atom stereocenters. The summed E-state index contributed by atoms with van der Waals surface area (Å²) in [5.41, 5.74) is 0.655. The summed E-state index contributed by atoms with van der Waals surface area (Å²) >= 11 is 12.6. The van der Waals surface area contributed by atoms with Crippen molar-refractivity contribution in [3.8, 4) is 5.75 Å². The third-order valence-electron chi connectivity index (χ3n) is 5.02. The minimum atomic E-state index is -3.88. The molecule has 2 amide bonds. The maximum atomic E-state index is 13.5. The van der Waals surface area contributed by atoms with Gasteiger partial charge in [-0.1, -0.05) is 41.4 Å². The maximum Gasteiger partial charge on any atom is 0.244 e. The lowest BCUT2D eigenvalue weighted by Crippen LogP contribution is -2.52. The van der Waals surface area contributed by atoms with Crippen LogP contribution in [-0.2, 0) is 26.2 Å². The van der Waals surface area contributed by atoms with Crippen LogP contribution >= 0.6 is 23.2 Å². The topological polar surface area (TPSA) is 96.0 Å². The molecule has 0 radical (unpaired) electrons. The number of hydrogen-bond acceptors (Lipinski definition) is 5. The standard InChI is InChI=1S/C23H29Cl2N3O5S/c1-15(2)26-23(30)16(3)27(13-17-18(24)9-8-10-19(17)25)22(29)14-28(34(5,31)32)20-11-6-7-12-21(20)33-4/h6-12,15-16H,13-14H2,1-5H3,(H,26,30)/t16-/m1/s1. The number of nitrogens with one attached hydrogen (secondary N) is 1. The predicted octanol–water partition coefficient (Wildman–Crippen LogP) is 3.71. The van der Waals surface area contributed by atoms with Crippen molar-refractivity contribution in [2.45, 2.75) is 39.4 Å². The molecule has 0 aromatic heterocycles. The SMILES string of the molecule is COc1ccccc1N(CC(=O)N(Cc1c(Cl)cccc1Cl)[C@H](C)C(=O)NC(C)C)S(C)(=O)=O. The molecule has 0 saturated carbocycles. The minimum Gasteiger partial charge on any atom is -0.495 e. The Bertz CT molecular complexity index is 1120. The molecule has 0 fully saturated rings. The molecule has 2 aromatic carbocycles. The van der Waals surface area contributed by atoms with Crippen LogP contribution in [0.4, 0.5) is 5.69 Å². The maximum absolute atomic E-state index is 13.5. The van der Waals surface area contributed by atoms with Crippen LogP contribution in [0.1, 0.15) is 26.3 Å². The number of ether oxygens (including phenoxy) is 1. The Balaban J connectivity index is 2.49. The van der Waals surface area contributed by atoms with Gasteiger partial charge in [0.25, 0.3) is 0 Å². The Labute approximate surface area is 210 Å². The van der Waals surface area contributed by atoms with Gasteiger partial charge in [0.1, 0.15) is 18.3 Å². The highest BCUT2D eigenvalue weighted by Gasteiger charge is 2.32. The summed E-state index contributed by atoms with van der Waals surface area (Å²) < 4.78 is 31.5. The number of methoxy groups -OCH3 is 1. The van der Waals surface area contributed by atoms with E-state index >= 15 is 0 Å². The van der Waals surface area contributed by atoms with Crippen molar-refractivity contribution in [1.29, 1.82) is 0 Å². The van der Waals surface area contributed by atoms with Crippen molar-refractivity contribution in [2.24, 2.45) is 0 Å². The molecule has 0 heterocycles. The molecule has 0 spiro atoms. The summed E-state index contributed by atoms with van der Waals surface area (Å²) in [4.78, 5) is 27.6. The van der Waals surface area contributed by atoms with Crippen LogP contribution in [0.5, 0.6) is 5.75 Å². The van der Waals surface area contributed by atoms with E-state index in [1.165, 1.54) is 18.1 Å². The van der Waals surface area contributed by atoms with E-state index in [9.17, 15) is 18.0 Å². The monoisotopic (exact) mass is 529 g/mol. The molecule has 1 N–H and O–H groups in total. The first-order valence-electron chi connectivity index (χ1n) is 10.5. The van der Waals surface area contributed by atoms with Gasteiger partial charge in [-0.25, -0.2) is 8.42 Å². The number of anilines is 1. The highest BCUT2D eigenvalue weighted by Crippen LogP contribution is 2.30. The minimum absolute atomic E-state index is 0.0897. The lowest BCUT2D eigenvalue weighted by molar-refractivity contribution is -0.139. The van der Waals surface area contributed by atoms with Gasteiger partial charge in [0.05, 0.1) is 19.1 Å². The first-order chi connectivity index (χ1) is 15.9. The third-order valence-corrected chi connectivity index (χ3v) is 6.86. The molecule has 8 nitrogen and oxygen atoms in total. The van der Waals surface area contributed by atoms with Crippen LogP contribution in [0.25, 0.3) is 0 Å². The van der Waals surface area contributed by atoms with Crippen molar-refractivity contribution < 1.29 is 22.7 Å². The Hall–Kier alpha value is -2.49. The van der Waals surface area contributed by atoms with Crippen molar-refractivity contribution in [3.63, 3.8) is 0 Å². The van der Waals surface area contributed by atoms with Crippen LogP contribution in [0, 0.1) is 0 Å². The first kappa shape index (κ1) is 27.8. The fourth-order valence-corrected chi connectivity index (χ4v) is 4.64. The number of sulfonamides is 1. The Kier molecular flexibility index (Phi) is 9.61. The summed E-state index contributed by atoms with van der Waals surface area (Å²) in [6.07, 6.45) is 0.997. The quantitative estimate of drug-likeness (QED) is 0.506. The van der Waals surface area contributed by atoms with E-state index in [0.29, 0.717) is 15.6 Å². The van der Waals surface area contributed by atoms with Crippen LogP contribution in [-0.4, -0.2) is 57.1 Å². The van der Waals surface area contributed by atoms with E-state index in [1.807, 2.05) is 0 Å². The molecule has 2 aromatic rings. The molecule has 1 atom stereocenters. The third kappa shape index (κ3) is 7.01. The molecule has 2 rings (SSSR count). The highest BCUT2D eigenvalue weighted by atomic mass is 35.5. The molecule has 0 aliphatic heterocycles. The largest absolute Gasteiger partial charge is 0.495 e. The smallest absolute Gasteiger partial charge is 0.244 e. The normalized spacial score (nSPS) is 12.2. The second-order valence-corrected chi connectivity index (χ2v) is 10.7. The summed E-state index contributed by atoms with van der Waals surface area (Å²) in [7, 11) is -2.47. The molecule has 0 aliphatic carbocycles. The van der Waals surface area contributed by atoms with Crippen LogP contribution in [0.3, 0.4) is 0 Å². The summed E-state index contributed by atoms with van der Waals surface area (Å²) in [5.74, 6) is -0.722. The molecule has 186 valence electrons. The lowest BCUT2D eigenvalue weighted by Gasteiger charge is -2.32. The van der Waals surface area contributed by atoms with Crippen LogP contribution < -0.4 is 14.4 Å². The lowest BCUT2D eigenvalue weighted by atomic mass is 10.1. The van der Waals surface area contributed by atoms with Gasteiger partial charge in [0.2, 0.25) is 21.8 Å². The van der Waals surface area contributed by atoms with Gasteiger partial charge < -0.3 is 15.0 Å². The molecular formula is C23H29Cl2N3O5S. The van der Waals surface area contributed by atoms with Gasteiger partial charge in [-0.15, -0.1) is 0 Å². The van der Waals surface area contributed by atoms with Gasteiger partial charge in [-0.05, 0) is 45.0 Å². The number of nitrogens with zero attached hydrogens (tertiary/aromatic N) is 2.